The predicted octanol–water partition coefficient (Wildman–Crippen LogP) is 3.35. The number of benzene rings is 2. The summed E-state index contributed by atoms with van der Waals surface area (Å²) in [6.45, 7) is 2.31. The van der Waals surface area contributed by atoms with Gasteiger partial charge in [-0.3, -0.25) is 14.2 Å². The number of carbonyl (C=O) groups is 1. The molecular formula is C24H25N5O4S. The number of H-pyrrole nitrogens is 1. The van der Waals surface area contributed by atoms with Crippen LogP contribution in [0.1, 0.15) is 34.7 Å². The van der Waals surface area contributed by atoms with Crippen LogP contribution in [-0.4, -0.2) is 39.2 Å². The molecule has 1 amide bonds. The van der Waals surface area contributed by atoms with Crippen LogP contribution in [0.15, 0.2) is 53.6 Å². The lowest BCUT2D eigenvalue weighted by Crippen LogP contribution is -2.31. The van der Waals surface area contributed by atoms with Crippen LogP contribution in [0.4, 0.5) is 0 Å². The number of aromatic amines is 1. The fourth-order valence-corrected chi connectivity index (χ4v) is 4.17. The summed E-state index contributed by atoms with van der Waals surface area (Å²) in [5.41, 5.74) is 1.43. The smallest absolute Gasteiger partial charge is 0.262 e. The maximum atomic E-state index is 13.3. The highest BCUT2D eigenvalue weighted by atomic mass is 32.1. The zero-order chi connectivity index (χ0) is 24.4. The van der Waals surface area contributed by atoms with Crippen molar-refractivity contribution < 1.29 is 14.3 Å². The van der Waals surface area contributed by atoms with E-state index >= 15 is 0 Å². The monoisotopic (exact) mass is 479 g/mol. The van der Waals surface area contributed by atoms with Crippen molar-refractivity contribution in [2.24, 2.45) is 7.05 Å². The van der Waals surface area contributed by atoms with E-state index in [9.17, 15) is 9.59 Å². The normalized spacial score (nSPS) is 11.9. The molecule has 2 heterocycles. The molecule has 4 rings (SSSR count). The van der Waals surface area contributed by atoms with Gasteiger partial charge < -0.3 is 24.3 Å². The highest BCUT2D eigenvalue weighted by Gasteiger charge is 2.23. The number of carbonyl (C=O) groups excluding carboxylic acids is 1. The van der Waals surface area contributed by atoms with E-state index in [0.29, 0.717) is 45.1 Å². The van der Waals surface area contributed by atoms with Crippen molar-refractivity contribution >= 4 is 29.0 Å². The molecule has 0 aliphatic carbocycles. The molecule has 34 heavy (non-hydrogen) atoms. The average Bonchev–Trinajstić information content (AvgIpc) is 3.27. The third-order valence-electron chi connectivity index (χ3n) is 5.66. The number of rotatable bonds is 7. The molecule has 1 atom stereocenters. The van der Waals surface area contributed by atoms with Gasteiger partial charge in [-0.05, 0) is 55.0 Å². The first-order valence-corrected chi connectivity index (χ1v) is 11.0. The minimum absolute atomic E-state index is 0.192. The van der Waals surface area contributed by atoms with E-state index in [-0.39, 0.29) is 11.5 Å². The second-order valence-corrected chi connectivity index (χ2v) is 8.08. The molecule has 2 aromatic heterocycles. The van der Waals surface area contributed by atoms with E-state index in [1.165, 1.54) is 4.57 Å². The molecule has 0 spiro atoms. The molecule has 0 saturated carbocycles. The SMILES string of the molecule is CCn1c(=S)[nH]c2cc(C(=O)NC(c3cc(OC)cc(OC)c3)c3nccn3C)ccc2c1=O. The molecular weight excluding hydrogens is 454 g/mol. The summed E-state index contributed by atoms with van der Waals surface area (Å²) in [5.74, 6) is 1.48. The number of nitrogens with one attached hydrogen (secondary N) is 2. The number of fused-ring (bicyclic) bond motifs is 1. The number of methoxy groups -OCH3 is 2. The maximum absolute atomic E-state index is 13.3. The first-order valence-electron chi connectivity index (χ1n) is 10.6. The van der Waals surface area contributed by atoms with Crippen LogP contribution in [0.5, 0.6) is 11.5 Å². The van der Waals surface area contributed by atoms with Gasteiger partial charge in [0.2, 0.25) is 0 Å². The Bertz CT molecular complexity index is 1460. The number of ether oxygens (including phenoxy) is 2. The van der Waals surface area contributed by atoms with Gasteiger partial charge in [-0.2, -0.15) is 0 Å². The molecule has 0 saturated heterocycles. The van der Waals surface area contributed by atoms with Crippen LogP contribution in [0.25, 0.3) is 10.9 Å². The van der Waals surface area contributed by atoms with Crippen LogP contribution in [0, 0.1) is 4.77 Å². The lowest BCUT2D eigenvalue weighted by molar-refractivity contribution is 0.0941. The molecule has 176 valence electrons. The van der Waals surface area contributed by atoms with Gasteiger partial charge in [0, 0.05) is 37.6 Å². The fraction of sp³-hybridized carbons (Fsp3) is 0.250. The van der Waals surface area contributed by atoms with E-state index < -0.39 is 6.04 Å². The van der Waals surface area contributed by atoms with E-state index in [1.807, 2.05) is 30.7 Å². The third kappa shape index (κ3) is 4.32. The Kier molecular flexibility index (Phi) is 6.51. The van der Waals surface area contributed by atoms with Gasteiger partial charge in [-0.1, -0.05) is 0 Å². The van der Waals surface area contributed by atoms with Gasteiger partial charge in [0.15, 0.2) is 4.77 Å². The van der Waals surface area contributed by atoms with E-state index in [0.717, 1.165) is 5.56 Å². The second kappa shape index (κ2) is 9.52. The predicted molar refractivity (Wildman–Crippen MR) is 131 cm³/mol. The van der Waals surface area contributed by atoms with Gasteiger partial charge in [0.1, 0.15) is 23.4 Å². The van der Waals surface area contributed by atoms with Gasteiger partial charge in [0.05, 0.1) is 25.1 Å². The van der Waals surface area contributed by atoms with Crippen molar-refractivity contribution in [2.45, 2.75) is 19.5 Å². The minimum Gasteiger partial charge on any atom is -0.497 e. The van der Waals surface area contributed by atoms with Crippen LogP contribution in [0.3, 0.4) is 0 Å². The summed E-state index contributed by atoms with van der Waals surface area (Å²) in [5, 5.41) is 3.52. The highest BCUT2D eigenvalue weighted by Crippen LogP contribution is 2.29. The third-order valence-corrected chi connectivity index (χ3v) is 5.98. The first-order chi connectivity index (χ1) is 16.4. The van der Waals surface area contributed by atoms with Gasteiger partial charge in [-0.25, -0.2) is 4.98 Å². The molecule has 2 N–H and O–H groups in total. The lowest BCUT2D eigenvalue weighted by atomic mass is 10.0. The van der Waals surface area contributed by atoms with Crippen molar-refractivity contribution in [3.05, 3.63) is 80.9 Å². The minimum atomic E-state index is -0.584. The molecule has 10 heteroatoms. The zero-order valence-electron chi connectivity index (χ0n) is 19.3. The van der Waals surface area contributed by atoms with Crippen LogP contribution in [0.2, 0.25) is 0 Å². The number of amides is 1. The number of hydrogen-bond acceptors (Lipinski definition) is 6. The van der Waals surface area contributed by atoms with Crippen molar-refractivity contribution in [1.82, 2.24) is 24.4 Å². The highest BCUT2D eigenvalue weighted by molar-refractivity contribution is 7.71. The van der Waals surface area contributed by atoms with Gasteiger partial charge in [0.25, 0.3) is 11.5 Å². The Hall–Kier alpha value is -3.92. The van der Waals surface area contributed by atoms with E-state index in [1.54, 1.807) is 50.9 Å². The second-order valence-electron chi connectivity index (χ2n) is 7.69. The van der Waals surface area contributed by atoms with Crippen molar-refractivity contribution in [3.8, 4) is 11.5 Å². The Morgan fingerprint density at radius 3 is 2.47 bits per heavy atom. The molecule has 0 fully saturated rings. The molecule has 0 aliphatic rings. The summed E-state index contributed by atoms with van der Waals surface area (Å²) in [6.07, 6.45) is 3.47. The molecule has 0 radical (unpaired) electrons. The summed E-state index contributed by atoms with van der Waals surface area (Å²) in [4.78, 5) is 33.5. The van der Waals surface area contributed by atoms with E-state index in [2.05, 4.69) is 15.3 Å². The number of aryl methyl sites for hydroxylation is 1. The molecule has 9 nitrogen and oxygen atoms in total. The zero-order valence-corrected chi connectivity index (χ0v) is 20.1. The summed E-state index contributed by atoms with van der Waals surface area (Å²) < 4.78 is 14.4. The number of nitrogens with zero attached hydrogens (tertiary/aromatic N) is 3. The van der Waals surface area contributed by atoms with Crippen molar-refractivity contribution in [1.29, 1.82) is 0 Å². The van der Waals surface area contributed by atoms with Gasteiger partial charge in [-0.15, -0.1) is 0 Å². The number of aromatic nitrogens is 4. The number of imidazole rings is 1. The van der Waals surface area contributed by atoms with Crippen molar-refractivity contribution in [2.75, 3.05) is 14.2 Å². The Morgan fingerprint density at radius 2 is 1.88 bits per heavy atom. The Balaban J connectivity index is 1.76. The van der Waals surface area contributed by atoms with Crippen LogP contribution >= 0.6 is 12.2 Å². The van der Waals surface area contributed by atoms with Crippen molar-refractivity contribution in [3.63, 3.8) is 0 Å². The molecule has 4 aromatic rings. The molecule has 0 bridgehead atoms. The van der Waals surface area contributed by atoms with Gasteiger partial charge >= 0.3 is 0 Å². The van der Waals surface area contributed by atoms with Crippen LogP contribution < -0.4 is 20.3 Å². The van der Waals surface area contributed by atoms with Crippen LogP contribution in [-0.2, 0) is 13.6 Å². The first kappa shape index (κ1) is 23.2. The lowest BCUT2D eigenvalue weighted by Gasteiger charge is -2.21. The standard InChI is InChI=1S/C24H25N5O4S/c1-5-29-23(31)18-7-6-14(12-19(18)26-24(29)34)22(30)27-20(21-25-8-9-28(21)2)15-10-16(32-3)13-17(11-15)33-4/h6-13,20H,5H2,1-4H3,(H,26,34)(H,27,30). The topological polar surface area (TPSA) is 103 Å². The quantitative estimate of drug-likeness (QED) is 0.394. The Morgan fingerprint density at radius 1 is 1.18 bits per heavy atom. The summed E-state index contributed by atoms with van der Waals surface area (Å²) in [7, 11) is 4.99. The number of hydrogen-bond donors (Lipinski definition) is 2. The molecule has 0 aliphatic heterocycles. The Labute approximate surface area is 201 Å². The fourth-order valence-electron chi connectivity index (χ4n) is 3.85. The molecule has 2 aromatic carbocycles. The average molecular weight is 480 g/mol. The largest absolute Gasteiger partial charge is 0.497 e. The summed E-state index contributed by atoms with van der Waals surface area (Å²) in [6, 6.07) is 9.71. The summed E-state index contributed by atoms with van der Waals surface area (Å²) >= 11 is 5.30. The maximum Gasteiger partial charge on any atom is 0.262 e. The molecule has 1 unspecified atom stereocenters. The van der Waals surface area contributed by atoms with E-state index in [4.69, 9.17) is 21.7 Å².